The smallest absolute Gasteiger partial charge is 0.246 e. The highest BCUT2D eigenvalue weighted by Gasteiger charge is 2.24. The van der Waals surface area contributed by atoms with E-state index >= 15 is 0 Å². The summed E-state index contributed by atoms with van der Waals surface area (Å²) in [7, 11) is 3.06. The van der Waals surface area contributed by atoms with Crippen LogP contribution in [0, 0.1) is 6.92 Å². The standard InChI is InChI=1S/C24H30ClN3O5/c1-15(2)24-26-16(3)12-20(27-24)33-14-18-13-28(10-11-32-18)21(29)9-7-17-6-8-19(30-4)23(31-5)22(17)25/h6-9,12,15,18H,10-11,13-14H2,1-5H3. The number of aromatic nitrogens is 2. The third kappa shape index (κ3) is 6.36. The zero-order valence-electron chi connectivity index (χ0n) is 19.6. The Hall–Kier alpha value is -2.84. The molecule has 1 amide bonds. The largest absolute Gasteiger partial charge is 0.493 e. The predicted molar refractivity (Wildman–Crippen MR) is 126 cm³/mol. The quantitative estimate of drug-likeness (QED) is 0.535. The molecule has 178 valence electrons. The Kier molecular flexibility index (Phi) is 8.52. The first-order valence-electron chi connectivity index (χ1n) is 10.8. The van der Waals surface area contributed by atoms with Crippen LogP contribution >= 0.6 is 11.6 Å². The summed E-state index contributed by atoms with van der Waals surface area (Å²) in [5, 5.41) is 0.384. The number of ether oxygens (including phenoxy) is 4. The molecule has 1 saturated heterocycles. The van der Waals surface area contributed by atoms with Gasteiger partial charge in [0, 0.05) is 30.3 Å². The number of hydrogen-bond acceptors (Lipinski definition) is 7. The number of carbonyl (C=O) groups is 1. The topological polar surface area (TPSA) is 83.0 Å². The molecule has 1 aromatic heterocycles. The van der Waals surface area contributed by atoms with Crippen LogP contribution in [0.3, 0.4) is 0 Å². The van der Waals surface area contributed by atoms with Gasteiger partial charge in [0.2, 0.25) is 11.8 Å². The molecule has 1 aliphatic rings. The second kappa shape index (κ2) is 11.3. The van der Waals surface area contributed by atoms with E-state index in [2.05, 4.69) is 9.97 Å². The summed E-state index contributed by atoms with van der Waals surface area (Å²) >= 11 is 6.40. The number of amides is 1. The fourth-order valence-corrected chi connectivity index (χ4v) is 3.69. The van der Waals surface area contributed by atoms with Crippen molar-refractivity contribution in [3.05, 3.63) is 46.4 Å². The van der Waals surface area contributed by atoms with Crippen molar-refractivity contribution < 1.29 is 23.7 Å². The molecule has 2 aromatic rings. The zero-order chi connectivity index (χ0) is 24.0. The molecular formula is C24H30ClN3O5. The first kappa shape index (κ1) is 24.8. The normalized spacial score (nSPS) is 16.3. The van der Waals surface area contributed by atoms with E-state index in [1.54, 1.807) is 36.3 Å². The van der Waals surface area contributed by atoms with Crippen LogP contribution in [0.4, 0.5) is 0 Å². The Morgan fingerprint density at radius 1 is 1.30 bits per heavy atom. The Bertz CT molecular complexity index is 1010. The van der Waals surface area contributed by atoms with Gasteiger partial charge in [-0.05, 0) is 30.7 Å². The molecule has 1 unspecified atom stereocenters. The monoisotopic (exact) mass is 475 g/mol. The van der Waals surface area contributed by atoms with E-state index in [4.69, 9.17) is 30.5 Å². The molecular weight excluding hydrogens is 446 g/mol. The van der Waals surface area contributed by atoms with Crippen molar-refractivity contribution >= 4 is 23.6 Å². The number of halogens is 1. The molecule has 0 N–H and O–H groups in total. The van der Waals surface area contributed by atoms with Gasteiger partial charge in [0.1, 0.15) is 18.5 Å². The molecule has 0 saturated carbocycles. The molecule has 2 heterocycles. The summed E-state index contributed by atoms with van der Waals surface area (Å²) in [6.07, 6.45) is 2.92. The van der Waals surface area contributed by atoms with E-state index in [9.17, 15) is 4.79 Å². The van der Waals surface area contributed by atoms with E-state index in [1.165, 1.54) is 13.2 Å². The molecule has 3 rings (SSSR count). The summed E-state index contributed by atoms with van der Waals surface area (Å²) < 4.78 is 22.2. The van der Waals surface area contributed by atoms with Crippen LogP contribution in [0.15, 0.2) is 24.3 Å². The molecule has 0 aliphatic carbocycles. The number of rotatable bonds is 8. The first-order chi connectivity index (χ1) is 15.8. The van der Waals surface area contributed by atoms with E-state index in [0.717, 1.165) is 11.5 Å². The summed E-state index contributed by atoms with van der Waals surface area (Å²) in [5.41, 5.74) is 1.51. The highest BCUT2D eigenvalue weighted by atomic mass is 35.5. The Balaban J connectivity index is 1.61. The van der Waals surface area contributed by atoms with Crippen LogP contribution < -0.4 is 14.2 Å². The van der Waals surface area contributed by atoms with Crippen molar-refractivity contribution in [2.24, 2.45) is 0 Å². The SMILES string of the molecule is COc1ccc(C=CC(=O)N2CCOC(COc3cc(C)nc(C(C)C)n3)C2)c(Cl)c1OC. The summed E-state index contributed by atoms with van der Waals surface area (Å²) in [5.74, 6) is 2.29. The van der Waals surface area contributed by atoms with Crippen LogP contribution in [-0.2, 0) is 9.53 Å². The third-order valence-electron chi connectivity index (χ3n) is 5.15. The summed E-state index contributed by atoms with van der Waals surface area (Å²) in [6.45, 7) is 7.64. The average Bonchev–Trinajstić information content (AvgIpc) is 2.81. The van der Waals surface area contributed by atoms with Crippen LogP contribution in [-0.4, -0.2) is 67.4 Å². The van der Waals surface area contributed by atoms with Crippen molar-refractivity contribution in [1.29, 1.82) is 0 Å². The number of carbonyl (C=O) groups excluding carboxylic acids is 1. The minimum Gasteiger partial charge on any atom is -0.493 e. The number of benzene rings is 1. The summed E-state index contributed by atoms with van der Waals surface area (Å²) in [6, 6.07) is 5.32. The fourth-order valence-electron chi connectivity index (χ4n) is 3.39. The van der Waals surface area contributed by atoms with Crippen molar-refractivity contribution in [1.82, 2.24) is 14.9 Å². The van der Waals surface area contributed by atoms with E-state index < -0.39 is 0 Å². The number of morpholine rings is 1. The maximum atomic E-state index is 12.8. The molecule has 1 fully saturated rings. The molecule has 33 heavy (non-hydrogen) atoms. The molecule has 8 nitrogen and oxygen atoms in total. The van der Waals surface area contributed by atoms with Crippen LogP contribution in [0.2, 0.25) is 5.02 Å². The summed E-state index contributed by atoms with van der Waals surface area (Å²) in [4.78, 5) is 23.4. The lowest BCUT2D eigenvalue weighted by Crippen LogP contribution is -2.47. The molecule has 1 aliphatic heterocycles. The van der Waals surface area contributed by atoms with Gasteiger partial charge in [-0.15, -0.1) is 0 Å². The highest BCUT2D eigenvalue weighted by molar-refractivity contribution is 6.33. The number of methoxy groups -OCH3 is 2. The van der Waals surface area contributed by atoms with Gasteiger partial charge in [-0.1, -0.05) is 25.4 Å². The lowest BCUT2D eigenvalue weighted by molar-refractivity contribution is -0.134. The molecule has 0 radical (unpaired) electrons. The average molecular weight is 476 g/mol. The van der Waals surface area contributed by atoms with Crippen molar-refractivity contribution in [3.63, 3.8) is 0 Å². The molecule has 9 heteroatoms. The Labute approximate surface area is 199 Å². The molecule has 0 bridgehead atoms. The zero-order valence-corrected chi connectivity index (χ0v) is 20.4. The van der Waals surface area contributed by atoms with Crippen LogP contribution in [0.1, 0.15) is 36.8 Å². The van der Waals surface area contributed by atoms with Gasteiger partial charge in [-0.3, -0.25) is 4.79 Å². The van der Waals surface area contributed by atoms with Gasteiger partial charge in [0.25, 0.3) is 0 Å². The number of hydrogen-bond donors (Lipinski definition) is 0. The van der Waals surface area contributed by atoms with Crippen LogP contribution in [0.5, 0.6) is 17.4 Å². The highest BCUT2D eigenvalue weighted by Crippen LogP contribution is 2.37. The maximum absolute atomic E-state index is 12.8. The van der Waals surface area contributed by atoms with Crippen molar-refractivity contribution in [2.45, 2.75) is 32.8 Å². The third-order valence-corrected chi connectivity index (χ3v) is 5.54. The molecule has 1 atom stereocenters. The van der Waals surface area contributed by atoms with Gasteiger partial charge in [-0.25, -0.2) is 4.98 Å². The fraction of sp³-hybridized carbons (Fsp3) is 0.458. The second-order valence-electron chi connectivity index (χ2n) is 7.99. The van der Waals surface area contributed by atoms with Gasteiger partial charge in [-0.2, -0.15) is 4.98 Å². The minimum atomic E-state index is -0.251. The minimum absolute atomic E-state index is 0.130. The lowest BCUT2D eigenvalue weighted by atomic mass is 10.1. The molecule has 0 spiro atoms. The predicted octanol–water partition coefficient (Wildman–Crippen LogP) is 3.90. The first-order valence-corrected chi connectivity index (χ1v) is 11.2. The molecule has 1 aromatic carbocycles. The van der Waals surface area contributed by atoms with Gasteiger partial charge < -0.3 is 23.8 Å². The van der Waals surface area contributed by atoms with Gasteiger partial charge in [0.05, 0.1) is 32.4 Å². The van der Waals surface area contributed by atoms with Crippen molar-refractivity contribution in [3.8, 4) is 17.4 Å². The maximum Gasteiger partial charge on any atom is 0.246 e. The van der Waals surface area contributed by atoms with Gasteiger partial charge >= 0.3 is 0 Å². The Morgan fingerprint density at radius 2 is 2.09 bits per heavy atom. The second-order valence-corrected chi connectivity index (χ2v) is 8.36. The van der Waals surface area contributed by atoms with Gasteiger partial charge in [0.15, 0.2) is 11.5 Å². The Morgan fingerprint density at radius 3 is 2.79 bits per heavy atom. The lowest BCUT2D eigenvalue weighted by Gasteiger charge is -2.32. The van der Waals surface area contributed by atoms with E-state index in [-0.39, 0.29) is 17.9 Å². The van der Waals surface area contributed by atoms with Crippen LogP contribution in [0.25, 0.3) is 6.08 Å². The van der Waals surface area contributed by atoms with E-state index in [0.29, 0.717) is 54.3 Å². The van der Waals surface area contributed by atoms with Crippen molar-refractivity contribution in [2.75, 3.05) is 40.5 Å². The number of nitrogens with zero attached hydrogens (tertiary/aromatic N) is 3. The number of aryl methyl sites for hydroxylation is 1. The van der Waals surface area contributed by atoms with E-state index in [1.807, 2.05) is 20.8 Å².